The van der Waals surface area contributed by atoms with Crippen LogP contribution in [0.5, 0.6) is 0 Å². The zero-order valence-electron chi connectivity index (χ0n) is 19.2. The topological polar surface area (TPSA) is 97.8 Å². The molecule has 168 valence electrons. The minimum Gasteiger partial charge on any atom is -0.444 e. The highest BCUT2D eigenvalue weighted by Gasteiger charge is 2.26. The van der Waals surface area contributed by atoms with Gasteiger partial charge in [-0.05, 0) is 73.4 Å². The molecule has 0 unspecified atom stereocenters. The molecule has 0 saturated carbocycles. The lowest BCUT2D eigenvalue weighted by Crippen LogP contribution is -2.38. The van der Waals surface area contributed by atoms with E-state index < -0.39 is 23.4 Å². The summed E-state index contributed by atoms with van der Waals surface area (Å²) in [6.07, 6.45) is 2.02. The van der Waals surface area contributed by atoms with Gasteiger partial charge in [0.1, 0.15) is 17.0 Å². The van der Waals surface area contributed by atoms with Gasteiger partial charge in [0.2, 0.25) is 0 Å². The third kappa shape index (κ3) is 9.24. The Labute approximate surface area is 179 Å². The van der Waals surface area contributed by atoms with Crippen molar-refractivity contribution < 1.29 is 23.9 Å². The molecule has 1 rings (SSSR count). The van der Waals surface area contributed by atoms with E-state index in [9.17, 15) is 14.4 Å². The second-order valence-corrected chi connectivity index (χ2v) is 8.91. The molecule has 1 heterocycles. The molecule has 0 aliphatic carbocycles. The first kappa shape index (κ1) is 25.4. The van der Waals surface area contributed by atoms with Gasteiger partial charge in [-0.3, -0.25) is 9.69 Å². The maximum Gasteiger partial charge on any atom is 0.416 e. The number of carbonyl (C=O) groups excluding carboxylic acids is 3. The number of nitrogens with zero attached hydrogens (tertiary/aromatic N) is 2. The fourth-order valence-corrected chi connectivity index (χ4v) is 2.56. The van der Waals surface area contributed by atoms with Crippen LogP contribution in [0.15, 0.2) is 18.3 Å². The van der Waals surface area contributed by atoms with Crippen molar-refractivity contribution >= 4 is 23.8 Å². The Bertz CT molecular complexity index is 735. The third-order valence-corrected chi connectivity index (χ3v) is 3.77. The number of pyridine rings is 1. The first-order valence-electron chi connectivity index (χ1n) is 10.3. The van der Waals surface area contributed by atoms with Crippen LogP contribution in [0.25, 0.3) is 0 Å². The highest BCUT2D eigenvalue weighted by Crippen LogP contribution is 2.22. The van der Waals surface area contributed by atoms with Gasteiger partial charge in [-0.2, -0.15) is 0 Å². The minimum absolute atomic E-state index is 0.114. The number of anilines is 1. The van der Waals surface area contributed by atoms with E-state index in [4.69, 9.17) is 9.47 Å². The van der Waals surface area contributed by atoms with E-state index in [1.165, 1.54) is 4.90 Å². The number of hydrogen-bond donors (Lipinski definition) is 1. The molecular formula is C22H35N3O5. The lowest BCUT2D eigenvalue weighted by atomic mass is 10.1. The van der Waals surface area contributed by atoms with E-state index in [1.807, 2.05) is 0 Å². The molecule has 30 heavy (non-hydrogen) atoms. The van der Waals surface area contributed by atoms with Crippen LogP contribution in [0.2, 0.25) is 0 Å². The van der Waals surface area contributed by atoms with E-state index >= 15 is 0 Å². The second kappa shape index (κ2) is 10.9. The van der Waals surface area contributed by atoms with Crippen LogP contribution < -0.4 is 10.2 Å². The van der Waals surface area contributed by atoms with Gasteiger partial charge >= 0.3 is 12.2 Å². The van der Waals surface area contributed by atoms with Crippen molar-refractivity contribution in [3.8, 4) is 0 Å². The number of carbonyl (C=O) groups is 3. The molecule has 2 amide bonds. The summed E-state index contributed by atoms with van der Waals surface area (Å²) in [7, 11) is 0. The van der Waals surface area contributed by atoms with Gasteiger partial charge in [0, 0.05) is 25.7 Å². The van der Waals surface area contributed by atoms with E-state index in [-0.39, 0.29) is 12.2 Å². The van der Waals surface area contributed by atoms with Crippen molar-refractivity contribution in [2.24, 2.45) is 0 Å². The predicted molar refractivity (Wildman–Crippen MR) is 116 cm³/mol. The van der Waals surface area contributed by atoms with Crippen LogP contribution in [0.4, 0.5) is 15.4 Å². The van der Waals surface area contributed by atoms with Gasteiger partial charge < -0.3 is 14.8 Å². The van der Waals surface area contributed by atoms with Gasteiger partial charge in [0.05, 0.1) is 5.56 Å². The van der Waals surface area contributed by atoms with Gasteiger partial charge in [-0.1, -0.05) is 0 Å². The van der Waals surface area contributed by atoms with Gasteiger partial charge in [0.25, 0.3) is 0 Å². The van der Waals surface area contributed by atoms with E-state index in [0.29, 0.717) is 37.3 Å². The number of hydrogen-bond acceptors (Lipinski definition) is 6. The number of aromatic nitrogens is 1. The SMILES string of the molecule is CCN(C(=O)OC(C)(C)C)c1ncccc1C(=O)CCCCNC(=O)OC(C)(C)C. The highest BCUT2D eigenvalue weighted by molar-refractivity contribution is 6.03. The van der Waals surface area contributed by atoms with Crippen molar-refractivity contribution in [1.82, 2.24) is 10.3 Å². The van der Waals surface area contributed by atoms with Gasteiger partial charge in [0.15, 0.2) is 5.78 Å². The normalized spacial score (nSPS) is 11.6. The summed E-state index contributed by atoms with van der Waals surface area (Å²) in [5.41, 5.74) is -0.814. The lowest BCUT2D eigenvalue weighted by Gasteiger charge is -2.26. The average Bonchev–Trinajstić information content (AvgIpc) is 2.59. The molecule has 0 fully saturated rings. The van der Waals surface area contributed by atoms with Crippen molar-refractivity contribution in [1.29, 1.82) is 0 Å². The zero-order chi connectivity index (χ0) is 22.9. The van der Waals surface area contributed by atoms with Gasteiger partial charge in [-0.15, -0.1) is 0 Å². The van der Waals surface area contributed by atoms with Crippen LogP contribution in [0.3, 0.4) is 0 Å². The van der Waals surface area contributed by atoms with Crippen LogP contribution >= 0.6 is 0 Å². The summed E-state index contributed by atoms with van der Waals surface area (Å²) >= 11 is 0. The number of ketones is 1. The molecule has 0 aromatic carbocycles. The fourth-order valence-electron chi connectivity index (χ4n) is 2.56. The Morgan fingerprint density at radius 1 is 1.03 bits per heavy atom. The molecule has 0 saturated heterocycles. The molecule has 0 radical (unpaired) electrons. The van der Waals surface area contributed by atoms with Crippen molar-refractivity contribution in [2.75, 3.05) is 18.0 Å². The van der Waals surface area contributed by atoms with Crippen LogP contribution in [0.1, 0.15) is 78.1 Å². The average molecular weight is 422 g/mol. The van der Waals surface area contributed by atoms with E-state index in [1.54, 1.807) is 66.8 Å². The largest absolute Gasteiger partial charge is 0.444 e. The van der Waals surface area contributed by atoms with Crippen molar-refractivity contribution in [2.45, 2.75) is 78.9 Å². The molecule has 1 aromatic rings. The molecule has 8 heteroatoms. The Kier molecular flexibility index (Phi) is 9.26. The molecular weight excluding hydrogens is 386 g/mol. The minimum atomic E-state index is -0.648. The molecule has 0 spiro atoms. The summed E-state index contributed by atoms with van der Waals surface area (Å²) in [6.45, 7) is 13.3. The fraction of sp³-hybridized carbons (Fsp3) is 0.636. The molecule has 0 aliphatic rings. The summed E-state index contributed by atoms with van der Waals surface area (Å²) in [5.74, 6) is 0.184. The molecule has 0 bridgehead atoms. The lowest BCUT2D eigenvalue weighted by molar-refractivity contribution is 0.0525. The Hall–Kier alpha value is -2.64. The quantitative estimate of drug-likeness (QED) is 0.482. The Balaban J connectivity index is 2.67. The number of unbranched alkanes of at least 4 members (excludes halogenated alkanes) is 1. The van der Waals surface area contributed by atoms with Crippen LogP contribution in [0, 0.1) is 0 Å². The molecule has 0 aliphatic heterocycles. The molecule has 0 atom stereocenters. The Morgan fingerprint density at radius 3 is 2.23 bits per heavy atom. The van der Waals surface area contributed by atoms with Crippen LogP contribution in [-0.2, 0) is 9.47 Å². The number of nitrogens with one attached hydrogen (secondary N) is 1. The first-order chi connectivity index (χ1) is 13.8. The third-order valence-electron chi connectivity index (χ3n) is 3.77. The second-order valence-electron chi connectivity index (χ2n) is 8.91. The zero-order valence-corrected chi connectivity index (χ0v) is 19.2. The summed E-state index contributed by atoms with van der Waals surface area (Å²) in [4.78, 5) is 42.5. The standard InChI is InChI=1S/C22H35N3O5/c1-8-25(20(28)30-22(5,6)7)18-16(12-11-15-23-18)17(26)13-9-10-14-24-19(27)29-21(2,3)4/h11-12,15H,8-10,13-14H2,1-7H3,(H,24,27). The first-order valence-corrected chi connectivity index (χ1v) is 10.3. The monoisotopic (exact) mass is 421 g/mol. The maximum absolute atomic E-state index is 12.7. The summed E-state index contributed by atoms with van der Waals surface area (Å²) < 4.78 is 10.6. The van der Waals surface area contributed by atoms with Gasteiger partial charge in [-0.25, -0.2) is 14.6 Å². The number of ether oxygens (including phenoxy) is 2. The molecule has 1 aromatic heterocycles. The van der Waals surface area contributed by atoms with Crippen molar-refractivity contribution in [3.63, 3.8) is 0 Å². The van der Waals surface area contributed by atoms with Crippen LogP contribution in [-0.4, -0.2) is 47.2 Å². The number of alkyl carbamates (subject to hydrolysis) is 1. The molecule has 1 N–H and O–H groups in total. The summed E-state index contributed by atoms with van der Waals surface area (Å²) in [5, 5.41) is 2.67. The van der Waals surface area contributed by atoms with E-state index in [2.05, 4.69) is 10.3 Å². The van der Waals surface area contributed by atoms with Crippen molar-refractivity contribution in [3.05, 3.63) is 23.9 Å². The molecule has 8 nitrogen and oxygen atoms in total. The summed E-state index contributed by atoms with van der Waals surface area (Å²) in [6, 6.07) is 3.33. The van der Waals surface area contributed by atoms with E-state index in [0.717, 1.165) is 0 Å². The number of amides is 2. The number of rotatable bonds is 8. The predicted octanol–water partition coefficient (Wildman–Crippen LogP) is 4.72. The number of Topliss-reactive ketones (excluding diaryl/α,β-unsaturated/α-hetero) is 1. The Morgan fingerprint density at radius 2 is 1.67 bits per heavy atom. The highest BCUT2D eigenvalue weighted by atomic mass is 16.6. The smallest absolute Gasteiger partial charge is 0.416 e. The maximum atomic E-state index is 12.7.